The van der Waals surface area contributed by atoms with Crippen molar-refractivity contribution >= 4 is 5.82 Å². The number of pyridine rings is 2. The van der Waals surface area contributed by atoms with Gasteiger partial charge in [0.15, 0.2) is 5.82 Å². The predicted molar refractivity (Wildman–Crippen MR) is 94.0 cm³/mol. The number of aromatic nitrogens is 4. The number of nitrogens with zero attached hydrogens (tertiary/aromatic N) is 6. The third-order valence-corrected chi connectivity index (χ3v) is 4.33. The third-order valence-electron chi connectivity index (χ3n) is 4.33. The number of hydrogen-bond acceptors (Lipinski definition) is 7. The van der Waals surface area contributed by atoms with Crippen LogP contribution in [-0.2, 0) is 6.54 Å². The normalized spacial score (nSPS) is 15.5. The number of piperazine rings is 1. The van der Waals surface area contributed by atoms with E-state index in [9.17, 15) is 0 Å². The van der Waals surface area contributed by atoms with Crippen LogP contribution in [0.3, 0.4) is 0 Å². The average molecular weight is 336 g/mol. The molecule has 0 atom stereocenters. The highest BCUT2D eigenvalue weighted by Gasteiger charge is 2.22. The van der Waals surface area contributed by atoms with Gasteiger partial charge >= 0.3 is 0 Å². The molecule has 1 saturated heterocycles. The first-order valence-electron chi connectivity index (χ1n) is 8.42. The summed E-state index contributed by atoms with van der Waals surface area (Å²) in [5, 5.41) is 3.89. The summed E-state index contributed by atoms with van der Waals surface area (Å²) in [6, 6.07) is 9.93. The van der Waals surface area contributed by atoms with Gasteiger partial charge in [0.05, 0.1) is 11.3 Å². The molecule has 0 bridgehead atoms. The topological polar surface area (TPSA) is 71.2 Å². The van der Waals surface area contributed by atoms with Crippen LogP contribution in [0.15, 0.2) is 47.2 Å². The molecule has 0 saturated carbocycles. The van der Waals surface area contributed by atoms with E-state index < -0.39 is 0 Å². The van der Waals surface area contributed by atoms with E-state index in [2.05, 4.69) is 36.0 Å². The molecule has 3 aromatic heterocycles. The van der Waals surface area contributed by atoms with Crippen molar-refractivity contribution in [2.75, 3.05) is 31.1 Å². The smallest absolute Gasteiger partial charge is 0.261 e. The predicted octanol–water partition coefficient (Wildman–Crippen LogP) is 2.16. The molecule has 1 aliphatic heterocycles. The lowest BCUT2D eigenvalue weighted by Crippen LogP contribution is -2.46. The standard InChI is InChI=1S/C18H20N6O/c1-14-21-18(25-22-14)16-6-4-8-20-17(16)24-11-9-23(10-12-24)13-15-5-2-3-7-19-15/h2-8H,9-13H2,1H3. The Morgan fingerprint density at radius 2 is 1.84 bits per heavy atom. The highest BCUT2D eigenvalue weighted by Crippen LogP contribution is 2.28. The number of aryl methyl sites for hydroxylation is 1. The molecule has 7 nitrogen and oxygen atoms in total. The summed E-state index contributed by atoms with van der Waals surface area (Å²) >= 11 is 0. The van der Waals surface area contributed by atoms with E-state index in [0.717, 1.165) is 49.8 Å². The van der Waals surface area contributed by atoms with Crippen molar-refractivity contribution in [3.63, 3.8) is 0 Å². The van der Waals surface area contributed by atoms with Crippen molar-refractivity contribution in [1.82, 2.24) is 25.0 Å². The van der Waals surface area contributed by atoms with E-state index in [1.54, 1.807) is 0 Å². The van der Waals surface area contributed by atoms with E-state index >= 15 is 0 Å². The first kappa shape index (κ1) is 15.7. The number of anilines is 1. The molecular formula is C18H20N6O. The summed E-state index contributed by atoms with van der Waals surface area (Å²) in [5.74, 6) is 2.06. The second-order valence-corrected chi connectivity index (χ2v) is 6.11. The van der Waals surface area contributed by atoms with Crippen LogP contribution < -0.4 is 4.90 Å². The van der Waals surface area contributed by atoms with Gasteiger partial charge in [-0.15, -0.1) is 0 Å². The quantitative estimate of drug-likeness (QED) is 0.723. The van der Waals surface area contributed by atoms with Gasteiger partial charge in [-0.2, -0.15) is 4.98 Å². The molecule has 3 aromatic rings. The fourth-order valence-corrected chi connectivity index (χ4v) is 3.06. The number of rotatable bonds is 4. The summed E-state index contributed by atoms with van der Waals surface area (Å²) in [5.41, 5.74) is 2.00. The minimum absolute atomic E-state index is 0.525. The summed E-state index contributed by atoms with van der Waals surface area (Å²) in [6.07, 6.45) is 3.65. The largest absolute Gasteiger partial charge is 0.353 e. The van der Waals surface area contributed by atoms with E-state index in [1.807, 2.05) is 43.6 Å². The Morgan fingerprint density at radius 1 is 1.00 bits per heavy atom. The summed E-state index contributed by atoms with van der Waals surface area (Å²) in [7, 11) is 0. The Morgan fingerprint density at radius 3 is 2.56 bits per heavy atom. The van der Waals surface area contributed by atoms with Gasteiger partial charge in [0, 0.05) is 45.1 Å². The van der Waals surface area contributed by atoms with E-state index in [-0.39, 0.29) is 0 Å². The highest BCUT2D eigenvalue weighted by atomic mass is 16.5. The molecule has 128 valence electrons. The molecule has 4 rings (SSSR count). The van der Waals surface area contributed by atoms with Gasteiger partial charge in [-0.25, -0.2) is 4.98 Å². The molecule has 25 heavy (non-hydrogen) atoms. The SMILES string of the molecule is Cc1noc(-c2cccnc2N2CCN(Cc3ccccn3)CC2)n1. The van der Waals surface area contributed by atoms with Crippen LogP contribution in [0.25, 0.3) is 11.5 Å². The zero-order chi connectivity index (χ0) is 17.1. The summed E-state index contributed by atoms with van der Waals surface area (Å²) in [6.45, 7) is 6.45. The second-order valence-electron chi connectivity index (χ2n) is 6.11. The molecule has 0 radical (unpaired) electrons. The van der Waals surface area contributed by atoms with Crippen molar-refractivity contribution in [3.8, 4) is 11.5 Å². The summed E-state index contributed by atoms with van der Waals surface area (Å²) < 4.78 is 5.34. The Kier molecular flexibility index (Phi) is 4.39. The molecule has 0 spiro atoms. The monoisotopic (exact) mass is 336 g/mol. The molecule has 0 unspecified atom stereocenters. The molecule has 0 amide bonds. The van der Waals surface area contributed by atoms with Crippen LogP contribution in [0.5, 0.6) is 0 Å². The van der Waals surface area contributed by atoms with Gasteiger partial charge in [0.1, 0.15) is 5.82 Å². The highest BCUT2D eigenvalue weighted by molar-refractivity contribution is 5.69. The van der Waals surface area contributed by atoms with Gasteiger partial charge < -0.3 is 9.42 Å². The third kappa shape index (κ3) is 3.51. The second kappa shape index (κ2) is 6.98. The molecule has 4 heterocycles. The maximum atomic E-state index is 5.34. The molecule has 0 N–H and O–H groups in total. The van der Waals surface area contributed by atoms with Crippen molar-refractivity contribution in [3.05, 3.63) is 54.2 Å². The minimum atomic E-state index is 0.525. The van der Waals surface area contributed by atoms with Gasteiger partial charge in [-0.05, 0) is 31.2 Å². The van der Waals surface area contributed by atoms with Crippen LogP contribution >= 0.6 is 0 Å². The molecule has 1 fully saturated rings. The Bertz CT molecular complexity index is 826. The van der Waals surface area contributed by atoms with Gasteiger partial charge in [-0.3, -0.25) is 9.88 Å². The maximum absolute atomic E-state index is 5.34. The molecular weight excluding hydrogens is 316 g/mol. The lowest BCUT2D eigenvalue weighted by Gasteiger charge is -2.35. The zero-order valence-electron chi connectivity index (χ0n) is 14.2. The number of hydrogen-bond donors (Lipinski definition) is 0. The lowest BCUT2D eigenvalue weighted by molar-refractivity contribution is 0.246. The van der Waals surface area contributed by atoms with Crippen molar-refractivity contribution in [2.45, 2.75) is 13.5 Å². The van der Waals surface area contributed by atoms with Crippen LogP contribution in [0.2, 0.25) is 0 Å². The first-order valence-corrected chi connectivity index (χ1v) is 8.42. The van der Waals surface area contributed by atoms with Crippen molar-refractivity contribution in [2.24, 2.45) is 0 Å². The lowest BCUT2D eigenvalue weighted by atomic mass is 10.2. The Balaban J connectivity index is 1.46. The van der Waals surface area contributed by atoms with Crippen molar-refractivity contribution < 1.29 is 4.52 Å². The zero-order valence-corrected chi connectivity index (χ0v) is 14.2. The minimum Gasteiger partial charge on any atom is -0.353 e. The van der Waals surface area contributed by atoms with Crippen molar-refractivity contribution in [1.29, 1.82) is 0 Å². The molecule has 0 aliphatic carbocycles. The van der Waals surface area contributed by atoms with Gasteiger partial charge in [-0.1, -0.05) is 11.2 Å². The molecule has 7 heteroatoms. The fraction of sp³-hybridized carbons (Fsp3) is 0.333. The molecule has 1 aliphatic rings. The molecule has 0 aromatic carbocycles. The first-order chi connectivity index (χ1) is 12.3. The van der Waals surface area contributed by atoms with Crippen LogP contribution in [0.1, 0.15) is 11.5 Å². The fourth-order valence-electron chi connectivity index (χ4n) is 3.06. The van der Waals surface area contributed by atoms with E-state index in [0.29, 0.717) is 11.7 Å². The Labute approximate surface area is 146 Å². The van der Waals surface area contributed by atoms with Gasteiger partial charge in [0.25, 0.3) is 5.89 Å². The summed E-state index contributed by atoms with van der Waals surface area (Å²) in [4.78, 5) is 18.0. The van der Waals surface area contributed by atoms with Gasteiger partial charge in [0.2, 0.25) is 0 Å². The van der Waals surface area contributed by atoms with Crippen LogP contribution in [0.4, 0.5) is 5.82 Å². The van der Waals surface area contributed by atoms with Crippen LogP contribution in [-0.4, -0.2) is 51.2 Å². The Hall–Kier alpha value is -2.80. The average Bonchev–Trinajstić information content (AvgIpc) is 3.10. The van der Waals surface area contributed by atoms with E-state index in [1.165, 1.54) is 0 Å². The maximum Gasteiger partial charge on any atom is 0.261 e. The van der Waals surface area contributed by atoms with E-state index in [4.69, 9.17) is 4.52 Å². The van der Waals surface area contributed by atoms with Crippen LogP contribution in [0, 0.1) is 6.92 Å².